The topological polar surface area (TPSA) is 83.6 Å². The number of hydrogen-bond donors (Lipinski definition) is 1. The maximum Gasteiger partial charge on any atom is 0.269 e. The summed E-state index contributed by atoms with van der Waals surface area (Å²) in [5.74, 6) is 0.778. The highest BCUT2D eigenvalue weighted by atomic mass is 16.1. The number of para-hydroxylation sites is 2. The monoisotopic (exact) mass is 333 g/mol. The summed E-state index contributed by atoms with van der Waals surface area (Å²) in [5, 5.41) is 11.8. The molecule has 2 aromatic heterocycles. The Hall–Kier alpha value is -3.20. The predicted octanol–water partition coefficient (Wildman–Crippen LogP) is 2.51. The summed E-state index contributed by atoms with van der Waals surface area (Å²) in [7, 11) is 2.01. The lowest BCUT2D eigenvalue weighted by molar-refractivity contribution is 0.0948. The van der Waals surface area contributed by atoms with Crippen LogP contribution >= 0.6 is 0 Å². The normalized spacial score (nSPS) is 10.6. The summed E-state index contributed by atoms with van der Waals surface area (Å²) in [4.78, 5) is 20.9. The van der Waals surface area contributed by atoms with E-state index < -0.39 is 0 Å². The van der Waals surface area contributed by atoms with Gasteiger partial charge in [-0.1, -0.05) is 12.1 Å². The SMILES string of the molecule is Cc1nc(C(=O)NCCCc2nc3ccccc3n2C)ccc1C#N. The Morgan fingerprint density at radius 2 is 2.04 bits per heavy atom. The van der Waals surface area contributed by atoms with Crippen molar-refractivity contribution in [3.05, 3.63) is 59.2 Å². The second kappa shape index (κ2) is 7.14. The van der Waals surface area contributed by atoms with Gasteiger partial charge in [-0.15, -0.1) is 0 Å². The summed E-state index contributed by atoms with van der Waals surface area (Å²) in [6.45, 7) is 2.27. The molecule has 0 fully saturated rings. The summed E-state index contributed by atoms with van der Waals surface area (Å²) >= 11 is 0. The van der Waals surface area contributed by atoms with Crippen LogP contribution in [0.3, 0.4) is 0 Å². The molecule has 6 heteroatoms. The minimum absolute atomic E-state index is 0.224. The van der Waals surface area contributed by atoms with E-state index >= 15 is 0 Å². The summed E-state index contributed by atoms with van der Waals surface area (Å²) in [6.07, 6.45) is 1.57. The van der Waals surface area contributed by atoms with Gasteiger partial charge >= 0.3 is 0 Å². The molecule has 0 radical (unpaired) electrons. The van der Waals surface area contributed by atoms with Gasteiger partial charge in [0.25, 0.3) is 5.91 Å². The van der Waals surface area contributed by atoms with Crippen molar-refractivity contribution in [2.75, 3.05) is 6.54 Å². The van der Waals surface area contributed by atoms with Crippen molar-refractivity contribution in [2.24, 2.45) is 7.05 Å². The number of pyridine rings is 1. The minimum Gasteiger partial charge on any atom is -0.351 e. The smallest absolute Gasteiger partial charge is 0.269 e. The first-order chi connectivity index (χ1) is 12.1. The molecule has 0 spiro atoms. The molecule has 0 saturated heterocycles. The molecule has 1 N–H and O–H groups in total. The molecule has 0 bridgehead atoms. The van der Waals surface area contributed by atoms with E-state index in [4.69, 9.17) is 5.26 Å². The van der Waals surface area contributed by atoms with E-state index in [-0.39, 0.29) is 5.91 Å². The molecule has 0 aliphatic carbocycles. The maximum absolute atomic E-state index is 12.1. The number of imidazole rings is 1. The first-order valence-electron chi connectivity index (χ1n) is 8.16. The van der Waals surface area contributed by atoms with Crippen molar-refractivity contribution in [1.29, 1.82) is 5.26 Å². The fourth-order valence-electron chi connectivity index (χ4n) is 2.76. The molecule has 126 valence electrons. The molecular weight excluding hydrogens is 314 g/mol. The number of carbonyl (C=O) groups excluding carboxylic acids is 1. The number of fused-ring (bicyclic) bond motifs is 1. The highest BCUT2D eigenvalue weighted by Gasteiger charge is 2.10. The number of nitrogens with zero attached hydrogens (tertiary/aromatic N) is 4. The van der Waals surface area contributed by atoms with Gasteiger partial charge in [0.15, 0.2) is 0 Å². The number of carbonyl (C=O) groups is 1. The Balaban J connectivity index is 1.56. The molecule has 2 heterocycles. The molecule has 3 rings (SSSR count). The van der Waals surface area contributed by atoms with Crippen molar-refractivity contribution < 1.29 is 4.79 Å². The quantitative estimate of drug-likeness (QED) is 0.727. The van der Waals surface area contributed by atoms with Gasteiger partial charge in [-0.3, -0.25) is 4.79 Å². The molecule has 0 aliphatic rings. The average Bonchev–Trinajstić information content (AvgIpc) is 2.95. The minimum atomic E-state index is -0.224. The second-order valence-corrected chi connectivity index (χ2v) is 5.88. The zero-order chi connectivity index (χ0) is 17.8. The van der Waals surface area contributed by atoms with Gasteiger partial charge < -0.3 is 9.88 Å². The van der Waals surface area contributed by atoms with Crippen LogP contribution in [0.2, 0.25) is 0 Å². The number of nitrogens with one attached hydrogen (secondary N) is 1. The fourth-order valence-corrected chi connectivity index (χ4v) is 2.76. The lowest BCUT2D eigenvalue weighted by Gasteiger charge is -2.06. The number of rotatable bonds is 5. The summed E-state index contributed by atoms with van der Waals surface area (Å²) in [5.41, 5.74) is 3.48. The van der Waals surface area contributed by atoms with Crippen LogP contribution in [0, 0.1) is 18.3 Å². The number of benzene rings is 1. The molecule has 6 nitrogen and oxygen atoms in total. The Bertz CT molecular complexity index is 968. The molecular formula is C19H19N5O. The predicted molar refractivity (Wildman–Crippen MR) is 95.1 cm³/mol. The molecule has 1 aromatic carbocycles. The Morgan fingerprint density at radius 3 is 2.76 bits per heavy atom. The van der Waals surface area contributed by atoms with Gasteiger partial charge in [-0.05, 0) is 37.6 Å². The zero-order valence-corrected chi connectivity index (χ0v) is 14.3. The van der Waals surface area contributed by atoms with Crippen LogP contribution in [0.5, 0.6) is 0 Å². The number of hydrogen-bond acceptors (Lipinski definition) is 4. The number of amides is 1. The van der Waals surface area contributed by atoms with Crippen molar-refractivity contribution >= 4 is 16.9 Å². The first kappa shape index (κ1) is 16.7. The van der Waals surface area contributed by atoms with Crippen LogP contribution in [0.15, 0.2) is 36.4 Å². The van der Waals surface area contributed by atoms with E-state index in [1.807, 2.05) is 37.4 Å². The highest BCUT2D eigenvalue weighted by Crippen LogP contribution is 2.15. The van der Waals surface area contributed by atoms with Gasteiger partial charge in [0.05, 0.1) is 22.3 Å². The van der Waals surface area contributed by atoms with Crippen LogP contribution < -0.4 is 5.32 Å². The molecule has 0 atom stereocenters. The first-order valence-corrected chi connectivity index (χ1v) is 8.16. The summed E-state index contributed by atoms with van der Waals surface area (Å²) in [6, 6.07) is 13.3. The standard InChI is InChI=1S/C19H19N5O/c1-13-14(12-20)9-10-16(22-13)19(25)21-11-5-8-18-23-15-6-3-4-7-17(15)24(18)2/h3-4,6-7,9-10H,5,8,11H2,1-2H3,(H,21,25). The Kier molecular flexibility index (Phi) is 4.75. The van der Waals surface area contributed by atoms with Gasteiger partial charge in [0, 0.05) is 20.0 Å². The van der Waals surface area contributed by atoms with E-state index in [0.717, 1.165) is 29.7 Å². The van der Waals surface area contributed by atoms with E-state index in [0.29, 0.717) is 23.5 Å². The van der Waals surface area contributed by atoms with Gasteiger partial charge in [0.2, 0.25) is 0 Å². The fraction of sp³-hybridized carbons (Fsp3) is 0.263. The number of aromatic nitrogens is 3. The van der Waals surface area contributed by atoms with Crippen LogP contribution in [0.25, 0.3) is 11.0 Å². The van der Waals surface area contributed by atoms with Gasteiger partial charge in [0.1, 0.15) is 17.6 Å². The lowest BCUT2D eigenvalue weighted by Crippen LogP contribution is -2.26. The number of nitriles is 1. The van der Waals surface area contributed by atoms with E-state index in [2.05, 4.69) is 19.9 Å². The molecule has 0 saturated carbocycles. The third-order valence-electron chi connectivity index (χ3n) is 4.18. The van der Waals surface area contributed by atoms with Crippen molar-refractivity contribution in [1.82, 2.24) is 19.9 Å². The molecule has 3 aromatic rings. The molecule has 25 heavy (non-hydrogen) atoms. The maximum atomic E-state index is 12.1. The Labute approximate surface area is 146 Å². The van der Waals surface area contributed by atoms with Gasteiger partial charge in [-0.2, -0.15) is 5.26 Å². The zero-order valence-electron chi connectivity index (χ0n) is 14.3. The van der Waals surface area contributed by atoms with Crippen LogP contribution in [-0.4, -0.2) is 27.0 Å². The number of aryl methyl sites for hydroxylation is 3. The second-order valence-electron chi connectivity index (χ2n) is 5.88. The van der Waals surface area contributed by atoms with Crippen molar-refractivity contribution in [3.63, 3.8) is 0 Å². The van der Waals surface area contributed by atoms with E-state index in [1.54, 1.807) is 19.1 Å². The molecule has 1 amide bonds. The van der Waals surface area contributed by atoms with Crippen LogP contribution in [0.1, 0.15) is 34.0 Å². The average molecular weight is 333 g/mol. The Morgan fingerprint density at radius 1 is 1.24 bits per heavy atom. The van der Waals surface area contributed by atoms with Crippen molar-refractivity contribution in [3.8, 4) is 6.07 Å². The summed E-state index contributed by atoms with van der Waals surface area (Å²) < 4.78 is 2.09. The van der Waals surface area contributed by atoms with Crippen molar-refractivity contribution in [2.45, 2.75) is 19.8 Å². The van der Waals surface area contributed by atoms with E-state index in [1.165, 1.54) is 0 Å². The molecule has 0 unspecified atom stereocenters. The highest BCUT2D eigenvalue weighted by molar-refractivity contribution is 5.92. The van der Waals surface area contributed by atoms with Crippen LogP contribution in [-0.2, 0) is 13.5 Å². The third-order valence-corrected chi connectivity index (χ3v) is 4.18. The largest absolute Gasteiger partial charge is 0.351 e. The van der Waals surface area contributed by atoms with Gasteiger partial charge in [-0.25, -0.2) is 9.97 Å². The van der Waals surface area contributed by atoms with Crippen LogP contribution in [0.4, 0.5) is 0 Å². The third kappa shape index (κ3) is 3.50. The molecule has 0 aliphatic heterocycles. The lowest BCUT2D eigenvalue weighted by atomic mass is 10.2. The van der Waals surface area contributed by atoms with E-state index in [9.17, 15) is 4.79 Å².